The first kappa shape index (κ1) is 22.8. The van der Waals surface area contributed by atoms with Crippen LogP contribution >= 0.6 is 0 Å². The SMILES string of the molecule is C=C(Cc1ccc(C)c(OC)c1)NCC(COC)Cc1ccccc1.CC. The van der Waals surface area contributed by atoms with E-state index in [4.69, 9.17) is 9.47 Å². The van der Waals surface area contributed by atoms with Crippen molar-refractivity contribution in [2.75, 3.05) is 27.4 Å². The van der Waals surface area contributed by atoms with Gasteiger partial charge in [-0.15, -0.1) is 0 Å². The highest BCUT2D eigenvalue weighted by Gasteiger charge is 2.10. The van der Waals surface area contributed by atoms with E-state index in [0.29, 0.717) is 5.92 Å². The first-order valence-corrected chi connectivity index (χ1v) is 9.70. The molecule has 1 N–H and O–H groups in total. The molecule has 148 valence electrons. The van der Waals surface area contributed by atoms with Crippen molar-refractivity contribution in [1.82, 2.24) is 5.32 Å². The van der Waals surface area contributed by atoms with Gasteiger partial charge in [0.15, 0.2) is 0 Å². The van der Waals surface area contributed by atoms with Crippen molar-refractivity contribution in [3.05, 3.63) is 77.5 Å². The lowest BCUT2D eigenvalue weighted by Crippen LogP contribution is -2.27. The first-order valence-electron chi connectivity index (χ1n) is 9.70. The van der Waals surface area contributed by atoms with Gasteiger partial charge in [-0.05, 0) is 36.1 Å². The number of hydrogen-bond acceptors (Lipinski definition) is 3. The van der Waals surface area contributed by atoms with E-state index in [2.05, 4.69) is 61.3 Å². The van der Waals surface area contributed by atoms with E-state index >= 15 is 0 Å². The highest BCUT2D eigenvalue weighted by molar-refractivity contribution is 5.37. The molecular formula is C24H35NO2. The van der Waals surface area contributed by atoms with E-state index in [9.17, 15) is 0 Å². The van der Waals surface area contributed by atoms with E-state index in [0.717, 1.165) is 43.0 Å². The van der Waals surface area contributed by atoms with Gasteiger partial charge < -0.3 is 14.8 Å². The molecule has 1 unspecified atom stereocenters. The van der Waals surface area contributed by atoms with Gasteiger partial charge in [-0.25, -0.2) is 0 Å². The minimum absolute atomic E-state index is 0.414. The molecule has 3 heteroatoms. The van der Waals surface area contributed by atoms with Crippen LogP contribution in [0, 0.1) is 12.8 Å². The predicted octanol–water partition coefficient (Wildman–Crippen LogP) is 5.18. The van der Waals surface area contributed by atoms with Gasteiger partial charge in [0, 0.05) is 31.7 Å². The van der Waals surface area contributed by atoms with E-state index < -0.39 is 0 Å². The Labute approximate surface area is 165 Å². The number of allylic oxidation sites excluding steroid dienone is 1. The summed E-state index contributed by atoms with van der Waals surface area (Å²) in [6.07, 6.45) is 1.79. The molecule has 0 spiro atoms. The number of rotatable bonds is 10. The van der Waals surface area contributed by atoms with Gasteiger partial charge in [0.1, 0.15) is 5.75 Å². The van der Waals surface area contributed by atoms with Crippen molar-refractivity contribution in [2.24, 2.45) is 5.92 Å². The third-order valence-corrected chi connectivity index (χ3v) is 4.30. The standard InChI is InChI=1S/C22H29NO2.C2H6/c1-17-10-11-20(14-22(17)25-4)12-18(2)23-15-21(16-24-3)13-19-8-6-5-7-9-19;1-2/h5-11,14,21,23H,2,12-13,15-16H2,1,3-4H3;1-2H3. The Morgan fingerprint density at radius 2 is 1.74 bits per heavy atom. The highest BCUT2D eigenvalue weighted by atomic mass is 16.5. The van der Waals surface area contributed by atoms with Crippen LogP contribution in [0.3, 0.4) is 0 Å². The van der Waals surface area contributed by atoms with E-state index in [1.165, 1.54) is 11.1 Å². The Balaban J connectivity index is 0.00000176. The van der Waals surface area contributed by atoms with Crippen LogP contribution < -0.4 is 10.1 Å². The summed E-state index contributed by atoms with van der Waals surface area (Å²) in [6, 6.07) is 16.8. The minimum Gasteiger partial charge on any atom is -0.496 e. The third-order valence-electron chi connectivity index (χ3n) is 4.30. The number of aryl methyl sites for hydroxylation is 1. The van der Waals surface area contributed by atoms with Crippen molar-refractivity contribution in [3.8, 4) is 5.75 Å². The third kappa shape index (κ3) is 8.31. The van der Waals surface area contributed by atoms with Gasteiger partial charge in [0.2, 0.25) is 0 Å². The molecule has 0 bridgehead atoms. The first-order chi connectivity index (χ1) is 13.1. The van der Waals surface area contributed by atoms with Gasteiger partial charge in [0.05, 0.1) is 13.7 Å². The lowest BCUT2D eigenvalue weighted by Gasteiger charge is -2.19. The molecule has 0 aromatic heterocycles. The molecule has 0 saturated carbocycles. The molecule has 0 aliphatic carbocycles. The number of benzene rings is 2. The smallest absolute Gasteiger partial charge is 0.122 e. The average Bonchev–Trinajstić information content (AvgIpc) is 2.70. The van der Waals surface area contributed by atoms with Crippen LogP contribution in [0.1, 0.15) is 30.5 Å². The van der Waals surface area contributed by atoms with Crippen LogP contribution in [-0.2, 0) is 17.6 Å². The van der Waals surface area contributed by atoms with Gasteiger partial charge in [-0.1, -0.05) is 62.9 Å². The molecule has 0 aliphatic heterocycles. The van der Waals surface area contributed by atoms with Crippen LogP contribution in [-0.4, -0.2) is 27.4 Å². The normalized spacial score (nSPS) is 11.1. The summed E-state index contributed by atoms with van der Waals surface area (Å²) in [5.41, 5.74) is 4.69. The Hall–Kier alpha value is -2.26. The summed E-state index contributed by atoms with van der Waals surface area (Å²) >= 11 is 0. The van der Waals surface area contributed by atoms with Crippen molar-refractivity contribution in [1.29, 1.82) is 0 Å². The monoisotopic (exact) mass is 369 g/mol. The van der Waals surface area contributed by atoms with Crippen molar-refractivity contribution < 1.29 is 9.47 Å². The van der Waals surface area contributed by atoms with E-state index in [1.54, 1.807) is 14.2 Å². The Morgan fingerprint density at radius 3 is 2.37 bits per heavy atom. The minimum atomic E-state index is 0.414. The van der Waals surface area contributed by atoms with Gasteiger partial charge in [-0.3, -0.25) is 0 Å². The summed E-state index contributed by atoms with van der Waals surface area (Å²) < 4.78 is 10.8. The lowest BCUT2D eigenvalue weighted by molar-refractivity contribution is 0.152. The average molecular weight is 370 g/mol. The molecule has 0 radical (unpaired) electrons. The Morgan fingerprint density at radius 1 is 1.04 bits per heavy atom. The molecule has 2 rings (SSSR count). The maximum absolute atomic E-state index is 5.40. The molecule has 27 heavy (non-hydrogen) atoms. The van der Waals surface area contributed by atoms with Crippen LogP contribution in [0.4, 0.5) is 0 Å². The van der Waals surface area contributed by atoms with Crippen molar-refractivity contribution in [3.63, 3.8) is 0 Å². The lowest BCUT2D eigenvalue weighted by atomic mass is 9.99. The fourth-order valence-electron chi connectivity index (χ4n) is 2.95. The molecule has 3 nitrogen and oxygen atoms in total. The Kier molecular flexibility index (Phi) is 11.0. The van der Waals surface area contributed by atoms with Gasteiger partial charge in [-0.2, -0.15) is 0 Å². The van der Waals surface area contributed by atoms with Gasteiger partial charge in [0.25, 0.3) is 0 Å². The Bertz CT molecular complexity index is 667. The van der Waals surface area contributed by atoms with Crippen LogP contribution in [0.15, 0.2) is 60.8 Å². The quantitative estimate of drug-likeness (QED) is 0.626. The summed E-state index contributed by atoms with van der Waals surface area (Å²) in [6.45, 7) is 11.8. The van der Waals surface area contributed by atoms with E-state index in [-0.39, 0.29) is 0 Å². The van der Waals surface area contributed by atoms with Crippen LogP contribution in [0.25, 0.3) is 0 Å². The summed E-state index contributed by atoms with van der Waals surface area (Å²) in [4.78, 5) is 0. The largest absolute Gasteiger partial charge is 0.496 e. The topological polar surface area (TPSA) is 30.5 Å². The fourth-order valence-corrected chi connectivity index (χ4v) is 2.95. The van der Waals surface area contributed by atoms with Crippen LogP contribution in [0.5, 0.6) is 5.75 Å². The molecule has 0 saturated heterocycles. The summed E-state index contributed by atoms with van der Waals surface area (Å²) in [5.74, 6) is 1.34. The zero-order valence-corrected chi connectivity index (χ0v) is 17.5. The van der Waals surface area contributed by atoms with Crippen LogP contribution in [0.2, 0.25) is 0 Å². The maximum Gasteiger partial charge on any atom is 0.122 e. The number of hydrogen-bond donors (Lipinski definition) is 1. The van der Waals surface area contributed by atoms with Gasteiger partial charge >= 0.3 is 0 Å². The predicted molar refractivity (Wildman–Crippen MR) is 115 cm³/mol. The molecule has 0 aliphatic rings. The number of nitrogens with one attached hydrogen (secondary N) is 1. The zero-order valence-electron chi connectivity index (χ0n) is 17.5. The maximum atomic E-state index is 5.40. The summed E-state index contributed by atoms with van der Waals surface area (Å²) in [5, 5.41) is 3.47. The molecule has 0 amide bonds. The number of methoxy groups -OCH3 is 2. The summed E-state index contributed by atoms with van der Waals surface area (Å²) in [7, 11) is 3.46. The molecule has 1 atom stereocenters. The molecule has 0 fully saturated rings. The second-order valence-electron chi connectivity index (χ2n) is 6.48. The molecule has 0 heterocycles. The second kappa shape index (κ2) is 13.0. The molecule has 2 aromatic rings. The fraction of sp³-hybridized carbons (Fsp3) is 0.417. The van der Waals surface area contributed by atoms with E-state index in [1.807, 2.05) is 19.9 Å². The molecule has 2 aromatic carbocycles. The molecular weight excluding hydrogens is 334 g/mol. The highest BCUT2D eigenvalue weighted by Crippen LogP contribution is 2.20. The second-order valence-corrected chi connectivity index (χ2v) is 6.48. The van der Waals surface area contributed by atoms with Crippen molar-refractivity contribution >= 4 is 0 Å². The number of ether oxygens (including phenoxy) is 2. The van der Waals surface area contributed by atoms with Crippen molar-refractivity contribution in [2.45, 2.75) is 33.6 Å². The zero-order chi connectivity index (χ0) is 20.1.